The van der Waals surface area contributed by atoms with E-state index in [0.717, 1.165) is 13.1 Å². The van der Waals surface area contributed by atoms with Crippen molar-refractivity contribution in [3.63, 3.8) is 0 Å². The summed E-state index contributed by atoms with van der Waals surface area (Å²) in [6.45, 7) is 9.93. The van der Waals surface area contributed by atoms with Crippen molar-refractivity contribution >= 4 is 6.03 Å². The maximum atomic E-state index is 11.5. The Morgan fingerprint density at radius 1 is 1.38 bits per heavy atom. The molecular weight excluding hydrogens is 202 g/mol. The molecule has 0 aromatic carbocycles. The first-order valence-electron chi connectivity index (χ1n) is 6.16. The van der Waals surface area contributed by atoms with E-state index in [1.165, 1.54) is 12.8 Å². The molecule has 0 aliphatic carbocycles. The zero-order chi connectivity index (χ0) is 12.2. The molecule has 2 amide bonds. The number of nitrogens with one attached hydrogen (secondary N) is 3. The van der Waals surface area contributed by atoms with E-state index in [2.05, 4.69) is 22.9 Å². The Morgan fingerprint density at radius 3 is 2.56 bits per heavy atom. The topological polar surface area (TPSA) is 53.2 Å². The van der Waals surface area contributed by atoms with Gasteiger partial charge in [-0.3, -0.25) is 0 Å². The number of amides is 2. The van der Waals surface area contributed by atoms with Crippen molar-refractivity contribution in [3.8, 4) is 0 Å². The molecule has 2 unspecified atom stereocenters. The lowest BCUT2D eigenvalue weighted by atomic mass is 9.95. The highest BCUT2D eigenvalue weighted by Gasteiger charge is 2.19. The third-order valence-corrected chi connectivity index (χ3v) is 2.80. The summed E-state index contributed by atoms with van der Waals surface area (Å²) in [5.41, 5.74) is -0.163. The molecule has 4 heteroatoms. The average Bonchev–Trinajstić information content (AvgIpc) is 2.14. The second-order valence-corrected chi connectivity index (χ2v) is 5.84. The fraction of sp³-hybridized carbons (Fsp3) is 0.917. The smallest absolute Gasteiger partial charge is 0.315 e. The molecule has 1 aliphatic rings. The highest BCUT2D eigenvalue weighted by molar-refractivity contribution is 5.74. The monoisotopic (exact) mass is 227 g/mol. The third-order valence-electron chi connectivity index (χ3n) is 2.80. The second kappa shape index (κ2) is 5.53. The standard InChI is InChI=1S/C12H25N3O/c1-9-5-6-10(7-13-9)8-14-11(16)15-12(2,3)4/h9-10,13H,5-8H2,1-4H3,(H2,14,15,16). The molecule has 1 heterocycles. The lowest BCUT2D eigenvalue weighted by Crippen LogP contribution is -2.49. The highest BCUT2D eigenvalue weighted by Crippen LogP contribution is 2.12. The van der Waals surface area contributed by atoms with Gasteiger partial charge in [0.25, 0.3) is 0 Å². The summed E-state index contributed by atoms with van der Waals surface area (Å²) in [6, 6.07) is 0.561. The number of hydrogen-bond donors (Lipinski definition) is 3. The predicted octanol–water partition coefficient (Wildman–Crippen LogP) is 1.47. The van der Waals surface area contributed by atoms with Gasteiger partial charge in [0.15, 0.2) is 0 Å². The van der Waals surface area contributed by atoms with E-state index in [0.29, 0.717) is 12.0 Å². The lowest BCUT2D eigenvalue weighted by molar-refractivity contribution is 0.227. The zero-order valence-corrected chi connectivity index (χ0v) is 10.9. The first-order chi connectivity index (χ1) is 7.37. The maximum absolute atomic E-state index is 11.5. The maximum Gasteiger partial charge on any atom is 0.315 e. The number of carbonyl (C=O) groups excluding carboxylic acids is 1. The van der Waals surface area contributed by atoms with Crippen molar-refractivity contribution in [3.05, 3.63) is 0 Å². The molecule has 94 valence electrons. The third kappa shape index (κ3) is 5.35. The van der Waals surface area contributed by atoms with Crippen molar-refractivity contribution in [1.82, 2.24) is 16.0 Å². The average molecular weight is 227 g/mol. The number of urea groups is 1. The normalized spacial score (nSPS) is 26.2. The van der Waals surface area contributed by atoms with Gasteiger partial charge in [-0.15, -0.1) is 0 Å². The number of rotatable bonds is 2. The van der Waals surface area contributed by atoms with E-state index in [1.807, 2.05) is 20.8 Å². The van der Waals surface area contributed by atoms with E-state index in [-0.39, 0.29) is 11.6 Å². The Hall–Kier alpha value is -0.770. The molecule has 0 saturated carbocycles. The Morgan fingerprint density at radius 2 is 2.06 bits per heavy atom. The van der Waals surface area contributed by atoms with Crippen LogP contribution in [0, 0.1) is 5.92 Å². The molecule has 0 aromatic rings. The Bertz CT molecular complexity index is 227. The van der Waals surface area contributed by atoms with E-state index < -0.39 is 0 Å². The van der Waals surface area contributed by atoms with Gasteiger partial charge >= 0.3 is 6.03 Å². The summed E-state index contributed by atoms with van der Waals surface area (Å²) in [7, 11) is 0. The van der Waals surface area contributed by atoms with Crippen LogP contribution in [0.2, 0.25) is 0 Å². The van der Waals surface area contributed by atoms with Crippen LogP contribution in [0.3, 0.4) is 0 Å². The SMILES string of the molecule is CC1CCC(CNC(=O)NC(C)(C)C)CN1. The fourth-order valence-corrected chi connectivity index (χ4v) is 1.85. The van der Waals surface area contributed by atoms with Crippen molar-refractivity contribution in [2.75, 3.05) is 13.1 Å². The quantitative estimate of drug-likeness (QED) is 0.669. The minimum Gasteiger partial charge on any atom is -0.338 e. The van der Waals surface area contributed by atoms with Crippen LogP contribution in [-0.4, -0.2) is 30.7 Å². The lowest BCUT2D eigenvalue weighted by Gasteiger charge is -2.28. The molecule has 0 bridgehead atoms. The van der Waals surface area contributed by atoms with Crippen molar-refractivity contribution < 1.29 is 4.79 Å². The molecular formula is C12H25N3O. The van der Waals surface area contributed by atoms with Gasteiger partial charge < -0.3 is 16.0 Å². The Balaban J connectivity index is 2.17. The van der Waals surface area contributed by atoms with Crippen molar-refractivity contribution in [2.45, 2.75) is 52.1 Å². The number of carbonyl (C=O) groups is 1. The van der Waals surface area contributed by atoms with Crippen molar-refractivity contribution in [2.24, 2.45) is 5.92 Å². The van der Waals surface area contributed by atoms with Crippen LogP contribution >= 0.6 is 0 Å². The van der Waals surface area contributed by atoms with Crippen LogP contribution in [0.5, 0.6) is 0 Å². The molecule has 1 fully saturated rings. The van der Waals surface area contributed by atoms with Gasteiger partial charge in [0.1, 0.15) is 0 Å². The van der Waals surface area contributed by atoms with Gasteiger partial charge in [0.05, 0.1) is 0 Å². The van der Waals surface area contributed by atoms with Crippen molar-refractivity contribution in [1.29, 1.82) is 0 Å². The Labute approximate surface area is 98.6 Å². The van der Waals surface area contributed by atoms with Gasteiger partial charge in [0, 0.05) is 18.1 Å². The molecule has 4 nitrogen and oxygen atoms in total. The molecule has 3 N–H and O–H groups in total. The van der Waals surface area contributed by atoms with E-state index in [4.69, 9.17) is 0 Å². The van der Waals surface area contributed by atoms with Gasteiger partial charge in [0.2, 0.25) is 0 Å². The van der Waals surface area contributed by atoms with Crippen LogP contribution in [0.1, 0.15) is 40.5 Å². The van der Waals surface area contributed by atoms with Gasteiger partial charge in [-0.25, -0.2) is 4.79 Å². The summed E-state index contributed by atoms with van der Waals surface area (Å²) >= 11 is 0. The molecule has 16 heavy (non-hydrogen) atoms. The fourth-order valence-electron chi connectivity index (χ4n) is 1.85. The van der Waals surface area contributed by atoms with E-state index >= 15 is 0 Å². The minimum atomic E-state index is -0.163. The molecule has 1 aliphatic heterocycles. The van der Waals surface area contributed by atoms with E-state index in [1.54, 1.807) is 0 Å². The molecule has 0 radical (unpaired) electrons. The molecule has 1 rings (SSSR count). The predicted molar refractivity (Wildman–Crippen MR) is 66.5 cm³/mol. The summed E-state index contributed by atoms with van der Waals surface area (Å²) in [5, 5.41) is 9.26. The molecule has 1 saturated heterocycles. The number of hydrogen-bond acceptors (Lipinski definition) is 2. The molecule has 0 aromatic heterocycles. The zero-order valence-electron chi connectivity index (χ0n) is 10.9. The summed E-state index contributed by atoms with van der Waals surface area (Å²) in [5.74, 6) is 0.571. The first-order valence-corrected chi connectivity index (χ1v) is 6.16. The second-order valence-electron chi connectivity index (χ2n) is 5.84. The Kier molecular flexibility index (Phi) is 4.59. The molecule has 0 spiro atoms. The van der Waals surface area contributed by atoms with Crippen LogP contribution < -0.4 is 16.0 Å². The van der Waals surface area contributed by atoms with Crippen LogP contribution in [0.4, 0.5) is 4.79 Å². The minimum absolute atomic E-state index is 0.0638. The van der Waals surface area contributed by atoms with Gasteiger partial charge in [-0.05, 0) is 53.0 Å². The first kappa shape index (κ1) is 13.3. The summed E-state index contributed by atoms with van der Waals surface area (Å²) in [4.78, 5) is 11.5. The largest absolute Gasteiger partial charge is 0.338 e. The summed E-state index contributed by atoms with van der Waals surface area (Å²) in [6.07, 6.45) is 2.40. The van der Waals surface area contributed by atoms with Crippen LogP contribution in [-0.2, 0) is 0 Å². The summed E-state index contributed by atoms with van der Waals surface area (Å²) < 4.78 is 0. The molecule has 2 atom stereocenters. The van der Waals surface area contributed by atoms with Crippen LogP contribution in [0.25, 0.3) is 0 Å². The number of piperidine rings is 1. The highest BCUT2D eigenvalue weighted by atomic mass is 16.2. The van der Waals surface area contributed by atoms with E-state index in [9.17, 15) is 4.79 Å². The van der Waals surface area contributed by atoms with Gasteiger partial charge in [-0.2, -0.15) is 0 Å². The van der Waals surface area contributed by atoms with Gasteiger partial charge in [-0.1, -0.05) is 0 Å². The van der Waals surface area contributed by atoms with Crippen LogP contribution in [0.15, 0.2) is 0 Å².